The lowest BCUT2D eigenvalue weighted by Gasteiger charge is -2.21. The molecule has 0 N–H and O–H groups in total. The minimum atomic E-state index is -6.00. The van der Waals surface area contributed by atoms with Gasteiger partial charge >= 0.3 is 20.5 Å². The third kappa shape index (κ3) is 39.6. The Kier molecular flexibility index (Phi) is 30.2. The Balaban J connectivity index is 0.00000277. The number of carbonyl (C=O) groups is 2. The normalized spacial score (nSPS) is 11.6. The molecule has 16 heteroatoms. The van der Waals surface area contributed by atoms with Gasteiger partial charge in [0.05, 0.1) is 13.0 Å². The summed E-state index contributed by atoms with van der Waals surface area (Å²) in [7, 11) is -10.2. The van der Waals surface area contributed by atoms with Gasteiger partial charge in [-0.3, -0.25) is 4.79 Å². The molecule has 0 bridgehead atoms. The van der Waals surface area contributed by atoms with Gasteiger partial charge in [0.25, 0.3) is 0 Å². The Labute approximate surface area is 336 Å². The summed E-state index contributed by atoms with van der Waals surface area (Å²) in [6.07, 6.45) is 32.4. The molecule has 0 aromatic carbocycles. The van der Waals surface area contributed by atoms with Gasteiger partial charge in [-0.1, -0.05) is 90.9 Å². The van der Waals surface area contributed by atoms with Gasteiger partial charge in [-0.15, -0.1) is 0 Å². The minimum Gasteiger partial charge on any atom is -0.466 e. The summed E-state index contributed by atoms with van der Waals surface area (Å²) >= 11 is 0. The highest BCUT2D eigenvalue weighted by Gasteiger charge is 2.24. The number of nitrogens with zero attached hydrogens (tertiary/aromatic N) is 2. The van der Waals surface area contributed by atoms with Gasteiger partial charge in [0, 0.05) is 57.2 Å². The molecule has 2 rings (SSSR count). The van der Waals surface area contributed by atoms with E-state index in [1.807, 2.05) is 13.8 Å². The van der Waals surface area contributed by atoms with E-state index in [4.69, 9.17) is 9.47 Å². The van der Waals surface area contributed by atoms with Crippen molar-refractivity contribution in [2.75, 3.05) is 20.3 Å². The van der Waals surface area contributed by atoms with Crippen LogP contribution >= 0.6 is 0 Å². The number of methoxy groups -OCH3 is 1. The van der Waals surface area contributed by atoms with E-state index < -0.39 is 14.5 Å². The van der Waals surface area contributed by atoms with Crippen LogP contribution in [0.3, 0.4) is 0 Å². The number of hydrogen-bond donors (Lipinski definition) is 0. The fraction of sp³-hybridized carbons (Fsp3) is 0.707. The van der Waals surface area contributed by atoms with Gasteiger partial charge in [-0.2, -0.15) is 0 Å². The number of rotatable bonds is 29. The van der Waals surface area contributed by atoms with Crippen molar-refractivity contribution in [3.8, 4) is 11.1 Å². The lowest BCUT2D eigenvalue weighted by molar-refractivity contribution is -0.697. The number of ketones is 1. The highest BCUT2D eigenvalue weighted by Crippen LogP contribution is 2.26. The van der Waals surface area contributed by atoms with Crippen molar-refractivity contribution < 1.29 is 62.7 Å². The van der Waals surface area contributed by atoms with Crippen molar-refractivity contribution in [3.63, 3.8) is 0 Å². The van der Waals surface area contributed by atoms with Crippen LogP contribution in [0.15, 0.2) is 49.1 Å². The number of carbonyl (C=O) groups excluding carboxylic acids is 2. The third-order valence-electron chi connectivity index (χ3n) is 9.05. The monoisotopic (exact) mass is 827 g/mol. The van der Waals surface area contributed by atoms with Crippen molar-refractivity contribution in [1.29, 1.82) is 0 Å². The number of aromatic nitrogens is 2. The number of hydrogen-bond acceptors (Lipinski definition) is 4. The van der Waals surface area contributed by atoms with Crippen LogP contribution in [-0.2, 0) is 32.2 Å². The molecule has 0 unspecified atom stereocenters. The van der Waals surface area contributed by atoms with Gasteiger partial charge in [0.1, 0.15) is 18.9 Å². The smallest absolute Gasteiger partial charge is 0.466 e. The van der Waals surface area contributed by atoms with Crippen LogP contribution in [0.4, 0.5) is 34.5 Å². The maximum Gasteiger partial charge on any atom is 0.673 e. The Bertz CT molecular complexity index is 1280. The van der Waals surface area contributed by atoms with E-state index in [9.17, 15) is 44.1 Å². The second-order valence-corrected chi connectivity index (χ2v) is 15.4. The molecule has 0 aliphatic heterocycles. The second-order valence-electron chi connectivity index (χ2n) is 15.4. The average molecular weight is 827 g/mol. The van der Waals surface area contributed by atoms with Crippen molar-refractivity contribution >= 4 is 26.3 Å². The summed E-state index contributed by atoms with van der Waals surface area (Å²) in [5.41, 5.74) is 2.25. The quantitative estimate of drug-likeness (QED) is 0.0269. The van der Waals surface area contributed by atoms with Crippen LogP contribution in [-0.4, -0.2) is 46.6 Å². The number of aryl methyl sites for hydroxylation is 2. The third-order valence-corrected chi connectivity index (χ3v) is 9.05. The molecule has 2 heterocycles. The summed E-state index contributed by atoms with van der Waals surface area (Å²) < 4.78 is 93.1. The summed E-state index contributed by atoms with van der Waals surface area (Å²) in [6, 6.07) is 8.99. The molecule has 0 saturated carbocycles. The molecule has 0 radical (unpaired) electrons. The highest BCUT2D eigenvalue weighted by molar-refractivity contribution is 6.50. The molecule has 2 aromatic heterocycles. The Morgan fingerprint density at radius 2 is 0.825 bits per heavy atom. The molecule has 2 aromatic rings. The molecule has 0 amide bonds. The van der Waals surface area contributed by atoms with E-state index in [0.717, 1.165) is 32.5 Å². The summed E-state index contributed by atoms with van der Waals surface area (Å²) in [4.78, 5) is 23.3. The van der Waals surface area contributed by atoms with Gasteiger partial charge in [0.2, 0.25) is 0 Å². The van der Waals surface area contributed by atoms with Gasteiger partial charge < -0.3 is 48.8 Å². The molecule has 0 spiro atoms. The summed E-state index contributed by atoms with van der Waals surface area (Å²) in [6.45, 7) is 9.06. The lowest BCUT2D eigenvalue weighted by Crippen LogP contribution is -2.33. The molecule has 0 aliphatic rings. The Morgan fingerprint density at radius 3 is 1.14 bits per heavy atom. The highest BCUT2D eigenvalue weighted by atomic mass is 19.5. The van der Waals surface area contributed by atoms with Gasteiger partial charge in [-0.05, 0) is 49.1 Å². The SMILES string of the molecule is COCCCCCCCCCCC[n+]1ccc(-c2cc[n+](CCCCCCCCCCCOC(=O)CC(C)(C)CC(C)=O)cc2)cc1.F[B-](F)(F)F.F[B-](F)(F)F. The van der Waals surface area contributed by atoms with E-state index in [2.05, 4.69) is 58.2 Å². The van der Waals surface area contributed by atoms with Crippen molar-refractivity contribution in [3.05, 3.63) is 49.1 Å². The van der Waals surface area contributed by atoms with E-state index >= 15 is 0 Å². The molecule has 6 nitrogen and oxygen atoms in total. The van der Waals surface area contributed by atoms with Crippen molar-refractivity contribution in [2.45, 2.75) is 162 Å². The minimum absolute atomic E-state index is 0.117. The molecule has 57 heavy (non-hydrogen) atoms. The van der Waals surface area contributed by atoms with Crippen LogP contribution in [0, 0.1) is 5.41 Å². The predicted octanol–water partition coefficient (Wildman–Crippen LogP) is 12.1. The largest absolute Gasteiger partial charge is 0.673 e. The van der Waals surface area contributed by atoms with Crippen molar-refractivity contribution in [2.24, 2.45) is 5.41 Å². The first-order valence-electron chi connectivity index (χ1n) is 20.7. The van der Waals surface area contributed by atoms with Crippen LogP contribution in [0.5, 0.6) is 0 Å². The molecule has 0 fully saturated rings. The number of halogens is 8. The maximum absolute atomic E-state index is 12.0. The molecule has 0 atom stereocenters. The van der Waals surface area contributed by atoms with E-state index in [0.29, 0.717) is 19.4 Å². The first-order chi connectivity index (χ1) is 26.8. The standard InChI is InChI=1S/C41H68N2O4.2BF4/c1-37(44)35-41(2,3)36-40(45)47-34-22-18-14-10-6-8-12-16-20-28-43-31-25-39(26-32-43)38-23-29-42(30-24-38)27-19-15-11-7-5-9-13-17-21-33-46-4;2*2-1(3,4)5/h23-26,29-32H,5-22,27-28,33-36H2,1-4H3;;/q+2;2*-1. The van der Waals surface area contributed by atoms with Crippen molar-refractivity contribution in [1.82, 2.24) is 0 Å². The zero-order valence-electron chi connectivity index (χ0n) is 34.8. The number of ether oxygens (including phenoxy) is 2. The molecule has 0 aliphatic carbocycles. The van der Waals surface area contributed by atoms with E-state index in [-0.39, 0.29) is 17.2 Å². The van der Waals surface area contributed by atoms with Gasteiger partial charge in [-0.25, -0.2) is 9.13 Å². The van der Waals surface area contributed by atoms with Crippen LogP contribution in [0.2, 0.25) is 0 Å². The summed E-state index contributed by atoms with van der Waals surface area (Å²) in [5.74, 6) is -0.0665. The topological polar surface area (TPSA) is 60.4 Å². The van der Waals surface area contributed by atoms with Crippen LogP contribution in [0.1, 0.15) is 149 Å². The number of pyridine rings is 2. The van der Waals surface area contributed by atoms with Crippen LogP contribution < -0.4 is 9.13 Å². The average Bonchev–Trinajstić information content (AvgIpc) is 3.09. The second kappa shape index (κ2) is 31.9. The van der Waals surface area contributed by atoms with E-state index in [1.165, 1.54) is 114 Å². The predicted molar refractivity (Wildman–Crippen MR) is 212 cm³/mol. The molecule has 328 valence electrons. The first kappa shape index (κ1) is 54.0. The maximum atomic E-state index is 12.0. The number of Topliss-reactive ketones (excluding diaryl/α,β-unsaturated/α-hetero) is 1. The summed E-state index contributed by atoms with van der Waals surface area (Å²) in [5, 5.41) is 0. The zero-order valence-corrected chi connectivity index (χ0v) is 34.8. The lowest BCUT2D eigenvalue weighted by atomic mass is 9.84. The van der Waals surface area contributed by atoms with Crippen LogP contribution in [0.25, 0.3) is 11.1 Å². The molecule has 0 saturated heterocycles. The molecular weight excluding hydrogens is 758 g/mol. The fourth-order valence-electron chi connectivity index (χ4n) is 6.37. The fourth-order valence-corrected chi connectivity index (χ4v) is 6.37. The number of esters is 1. The van der Waals surface area contributed by atoms with E-state index in [1.54, 1.807) is 14.0 Å². The molecular formula is C41H68B2F8N2O4. The zero-order chi connectivity index (χ0) is 43.0. The van der Waals surface area contributed by atoms with Gasteiger partial charge in [0.15, 0.2) is 24.8 Å². The Morgan fingerprint density at radius 1 is 0.526 bits per heavy atom. The Hall–Kier alpha value is -3.03. The number of unbranched alkanes of at least 4 members (excludes halogenated alkanes) is 16. The first-order valence-corrected chi connectivity index (χ1v) is 20.7.